The molecule has 5 nitrogen and oxygen atoms in total. The van der Waals surface area contributed by atoms with Crippen molar-refractivity contribution in [3.63, 3.8) is 0 Å². The molecule has 1 heterocycles. The van der Waals surface area contributed by atoms with Crippen LogP contribution in [0.5, 0.6) is 0 Å². The van der Waals surface area contributed by atoms with Crippen molar-refractivity contribution in [2.24, 2.45) is 0 Å². The van der Waals surface area contributed by atoms with E-state index in [1.165, 1.54) is 36.4 Å². The summed E-state index contributed by atoms with van der Waals surface area (Å²) in [5.41, 5.74) is 0.608. The topological polar surface area (TPSA) is 66.9 Å². The number of para-hydroxylation sites is 1. The van der Waals surface area contributed by atoms with Gasteiger partial charge in [0, 0.05) is 11.8 Å². The maximum absolute atomic E-state index is 13.7. The van der Waals surface area contributed by atoms with Crippen molar-refractivity contribution in [3.8, 4) is 0 Å². The second kappa shape index (κ2) is 7.04. The third-order valence-corrected chi connectivity index (χ3v) is 3.29. The van der Waals surface area contributed by atoms with Crippen molar-refractivity contribution < 1.29 is 13.6 Å². The molecule has 0 saturated carbocycles. The molecule has 0 aliphatic rings. The second-order valence-electron chi connectivity index (χ2n) is 5.25. The zero-order valence-electron chi connectivity index (χ0n) is 13.3. The van der Waals surface area contributed by atoms with Crippen LogP contribution in [0.15, 0.2) is 54.6 Å². The van der Waals surface area contributed by atoms with E-state index in [0.717, 1.165) is 0 Å². The van der Waals surface area contributed by atoms with Crippen LogP contribution in [0.2, 0.25) is 0 Å². The molecule has 0 spiro atoms. The van der Waals surface area contributed by atoms with Crippen molar-refractivity contribution in [2.45, 2.75) is 6.92 Å². The van der Waals surface area contributed by atoms with Crippen molar-refractivity contribution in [1.82, 2.24) is 9.97 Å². The van der Waals surface area contributed by atoms with E-state index < -0.39 is 17.5 Å². The minimum absolute atomic E-state index is 0.0587. The van der Waals surface area contributed by atoms with Crippen LogP contribution in [0.1, 0.15) is 16.3 Å². The summed E-state index contributed by atoms with van der Waals surface area (Å²) in [6.07, 6.45) is 0. The molecule has 0 fully saturated rings. The van der Waals surface area contributed by atoms with Crippen molar-refractivity contribution in [1.29, 1.82) is 0 Å². The molecule has 1 aromatic heterocycles. The number of amides is 1. The molecule has 0 bridgehead atoms. The van der Waals surface area contributed by atoms with E-state index in [2.05, 4.69) is 20.6 Å². The fraction of sp³-hybridized carbons (Fsp3) is 0.0556. The Kier molecular flexibility index (Phi) is 4.65. The fourth-order valence-electron chi connectivity index (χ4n) is 2.21. The number of halogens is 2. The van der Waals surface area contributed by atoms with E-state index in [0.29, 0.717) is 17.3 Å². The Balaban J connectivity index is 1.83. The molecule has 0 atom stereocenters. The molecule has 0 unspecified atom stereocenters. The molecule has 3 aromatic rings. The largest absolute Gasteiger partial charge is 0.340 e. The van der Waals surface area contributed by atoms with E-state index in [1.54, 1.807) is 25.1 Å². The van der Waals surface area contributed by atoms with Crippen LogP contribution >= 0.6 is 0 Å². The maximum Gasteiger partial charge on any atom is 0.274 e. The lowest BCUT2D eigenvalue weighted by molar-refractivity contribution is 0.102. The lowest BCUT2D eigenvalue weighted by atomic mass is 10.2. The first kappa shape index (κ1) is 16.5. The van der Waals surface area contributed by atoms with Crippen LogP contribution in [0.3, 0.4) is 0 Å². The molecule has 25 heavy (non-hydrogen) atoms. The monoisotopic (exact) mass is 340 g/mol. The van der Waals surface area contributed by atoms with Crippen LogP contribution < -0.4 is 10.6 Å². The molecule has 7 heteroatoms. The van der Waals surface area contributed by atoms with Gasteiger partial charge < -0.3 is 10.6 Å². The summed E-state index contributed by atoms with van der Waals surface area (Å²) in [4.78, 5) is 20.5. The van der Waals surface area contributed by atoms with E-state index in [9.17, 15) is 13.6 Å². The van der Waals surface area contributed by atoms with Gasteiger partial charge in [-0.05, 0) is 37.3 Å². The summed E-state index contributed by atoms with van der Waals surface area (Å²) in [6.45, 7) is 1.62. The fourth-order valence-corrected chi connectivity index (χ4v) is 2.21. The first-order valence-electron chi connectivity index (χ1n) is 7.45. The maximum atomic E-state index is 13.7. The zero-order chi connectivity index (χ0) is 17.8. The lowest BCUT2D eigenvalue weighted by Crippen LogP contribution is -2.16. The van der Waals surface area contributed by atoms with Gasteiger partial charge in [-0.15, -0.1) is 0 Å². The number of nitrogens with one attached hydrogen (secondary N) is 2. The number of nitrogens with zero attached hydrogens (tertiary/aromatic N) is 2. The summed E-state index contributed by atoms with van der Waals surface area (Å²) in [7, 11) is 0. The van der Waals surface area contributed by atoms with Gasteiger partial charge in [0.15, 0.2) is 0 Å². The van der Waals surface area contributed by atoms with Gasteiger partial charge in [-0.2, -0.15) is 0 Å². The number of hydrogen-bond acceptors (Lipinski definition) is 4. The summed E-state index contributed by atoms with van der Waals surface area (Å²) in [5.74, 6) is -0.831. The van der Waals surface area contributed by atoms with Gasteiger partial charge in [0.05, 0.1) is 5.69 Å². The van der Waals surface area contributed by atoms with E-state index in [1.807, 2.05) is 0 Å². The smallest absolute Gasteiger partial charge is 0.274 e. The average molecular weight is 340 g/mol. The Morgan fingerprint density at radius 1 is 1.00 bits per heavy atom. The highest BCUT2D eigenvalue weighted by molar-refractivity contribution is 6.03. The van der Waals surface area contributed by atoms with Crippen LogP contribution in [0, 0.1) is 18.6 Å². The molecule has 1 amide bonds. The predicted octanol–water partition coefficient (Wildman–Crippen LogP) is 4.06. The summed E-state index contributed by atoms with van der Waals surface area (Å²) >= 11 is 0. The molecule has 2 aromatic carbocycles. The van der Waals surface area contributed by atoms with Crippen molar-refractivity contribution in [3.05, 3.63) is 77.8 Å². The molecular formula is C18H14F2N4O. The number of benzene rings is 2. The summed E-state index contributed by atoms with van der Waals surface area (Å²) in [6, 6.07) is 13.1. The van der Waals surface area contributed by atoms with Gasteiger partial charge in [-0.25, -0.2) is 18.7 Å². The highest BCUT2D eigenvalue weighted by Crippen LogP contribution is 2.18. The van der Waals surface area contributed by atoms with Gasteiger partial charge >= 0.3 is 0 Å². The highest BCUT2D eigenvalue weighted by Gasteiger charge is 2.13. The number of rotatable bonds is 4. The highest BCUT2D eigenvalue weighted by atomic mass is 19.1. The average Bonchev–Trinajstić information content (AvgIpc) is 2.56. The quantitative estimate of drug-likeness (QED) is 0.752. The predicted molar refractivity (Wildman–Crippen MR) is 90.8 cm³/mol. The Hall–Kier alpha value is -3.35. The number of carbonyl (C=O) groups is 1. The van der Waals surface area contributed by atoms with Gasteiger partial charge in [0.2, 0.25) is 0 Å². The molecule has 3 rings (SSSR count). The Labute approximate surface area is 142 Å². The lowest BCUT2D eigenvalue weighted by Gasteiger charge is -2.09. The first-order chi connectivity index (χ1) is 12.0. The third-order valence-electron chi connectivity index (χ3n) is 3.29. The van der Waals surface area contributed by atoms with Crippen LogP contribution in [-0.2, 0) is 0 Å². The van der Waals surface area contributed by atoms with E-state index in [4.69, 9.17) is 0 Å². The standard InChI is InChI=1S/C18H14F2N4O/c1-11-21-16(18(25)24-15-8-3-2-7-14(15)20)10-17(22-11)23-13-6-4-5-12(19)9-13/h2-10H,1H3,(H,24,25)(H,21,22,23). The number of carbonyl (C=O) groups excluding carboxylic acids is 1. The molecule has 0 aliphatic heterocycles. The Morgan fingerprint density at radius 2 is 1.80 bits per heavy atom. The number of hydrogen-bond donors (Lipinski definition) is 2. The SMILES string of the molecule is Cc1nc(Nc2cccc(F)c2)cc(C(=O)Nc2ccccc2F)n1. The molecule has 126 valence electrons. The normalized spacial score (nSPS) is 10.4. The number of aromatic nitrogens is 2. The van der Waals surface area contributed by atoms with E-state index >= 15 is 0 Å². The van der Waals surface area contributed by atoms with Gasteiger partial charge in [-0.3, -0.25) is 4.79 Å². The Morgan fingerprint density at radius 3 is 2.56 bits per heavy atom. The molecular weight excluding hydrogens is 326 g/mol. The molecule has 2 N–H and O–H groups in total. The zero-order valence-corrected chi connectivity index (χ0v) is 13.3. The molecule has 0 saturated heterocycles. The van der Waals surface area contributed by atoms with Crippen molar-refractivity contribution in [2.75, 3.05) is 10.6 Å². The first-order valence-corrected chi connectivity index (χ1v) is 7.45. The second-order valence-corrected chi connectivity index (χ2v) is 5.25. The molecule has 0 radical (unpaired) electrons. The van der Waals surface area contributed by atoms with Crippen LogP contribution in [0.25, 0.3) is 0 Å². The van der Waals surface area contributed by atoms with Crippen molar-refractivity contribution >= 4 is 23.1 Å². The minimum atomic E-state index is -0.571. The van der Waals surface area contributed by atoms with Gasteiger partial charge in [0.1, 0.15) is 29.0 Å². The van der Waals surface area contributed by atoms with Gasteiger partial charge in [-0.1, -0.05) is 18.2 Å². The minimum Gasteiger partial charge on any atom is -0.340 e. The Bertz CT molecular complexity index is 930. The number of anilines is 3. The third kappa shape index (κ3) is 4.14. The van der Waals surface area contributed by atoms with Gasteiger partial charge in [0.25, 0.3) is 5.91 Å². The van der Waals surface area contributed by atoms with E-state index in [-0.39, 0.29) is 11.4 Å². The summed E-state index contributed by atoms with van der Waals surface area (Å²) in [5, 5.41) is 5.37. The summed E-state index contributed by atoms with van der Waals surface area (Å²) < 4.78 is 26.9. The molecule has 0 aliphatic carbocycles. The van der Waals surface area contributed by atoms with Crippen LogP contribution in [-0.4, -0.2) is 15.9 Å². The number of aryl methyl sites for hydroxylation is 1. The van der Waals surface area contributed by atoms with Crippen LogP contribution in [0.4, 0.5) is 26.0 Å².